The zero-order valence-electron chi connectivity index (χ0n) is 9.78. The molecule has 5 nitrogen and oxygen atoms in total. The number of carbonyl (C=O) groups excluding carboxylic acids is 1. The van der Waals surface area contributed by atoms with Crippen LogP contribution in [0.25, 0.3) is 0 Å². The number of thioether (sulfide) groups is 1. The zero-order valence-corrected chi connectivity index (χ0v) is 11.4. The molecule has 1 atom stereocenters. The molecule has 18 heavy (non-hydrogen) atoms. The van der Waals surface area contributed by atoms with Gasteiger partial charge in [0.15, 0.2) is 0 Å². The highest BCUT2D eigenvalue weighted by molar-refractivity contribution is 8.00. The summed E-state index contributed by atoms with van der Waals surface area (Å²) in [4.78, 5) is 15.9. The van der Waals surface area contributed by atoms with Crippen LogP contribution in [0.4, 0.5) is 5.82 Å². The Balaban J connectivity index is 1.97. The van der Waals surface area contributed by atoms with Crippen LogP contribution in [0.15, 0.2) is 12.1 Å². The lowest BCUT2D eigenvalue weighted by atomic mass is 10.2. The normalized spacial score (nSPS) is 18.7. The van der Waals surface area contributed by atoms with Gasteiger partial charge >= 0.3 is 0 Å². The summed E-state index contributed by atoms with van der Waals surface area (Å²) in [6.45, 7) is 0.689. The number of hydrogen-bond donors (Lipinski definition) is 3. The van der Waals surface area contributed by atoms with E-state index in [9.17, 15) is 4.79 Å². The second-order valence-electron chi connectivity index (χ2n) is 4.05. The maximum atomic E-state index is 11.9. The Bertz CT molecular complexity index is 437. The van der Waals surface area contributed by atoms with Gasteiger partial charge in [-0.05, 0) is 30.7 Å². The van der Waals surface area contributed by atoms with Gasteiger partial charge in [-0.2, -0.15) is 11.8 Å². The third kappa shape index (κ3) is 3.51. The van der Waals surface area contributed by atoms with Crippen molar-refractivity contribution >= 4 is 35.1 Å². The van der Waals surface area contributed by atoms with Crippen LogP contribution in [0.3, 0.4) is 0 Å². The van der Waals surface area contributed by atoms with Crippen LogP contribution in [-0.4, -0.2) is 28.4 Å². The number of nitrogens with two attached hydrogens (primary N) is 1. The third-order valence-electron chi connectivity index (χ3n) is 2.72. The highest BCUT2D eigenvalue weighted by atomic mass is 35.5. The number of nitrogens with zero attached hydrogens (tertiary/aromatic N) is 1. The van der Waals surface area contributed by atoms with Crippen molar-refractivity contribution in [2.45, 2.75) is 18.1 Å². The van der Waals surface area contributed by atoms with Crippen molar-refractivity contribution in [2.75, 3.05) is 17.7 Å². The number of nitrogen functional groups attached to an aromatic ring is 1. The molecule has 2 heterocycles. The molecule has 1 saturated heterocycles. The molecule has 1 aliphatic rings. The summed E-state index contributed by atoms with van der Waals surface area (Å²) in [5, 5.41) is 3.67. The van der Waals surface area contributed by atoms with Gasteiger partial charge in [0.1, 0.15) is 11.0 Å². The first kappa shape index (κ1) is 13.5. The number of rotatable bonds is 4. The predicted octanol–water partition coefficient (Wildman–Crippen LogP) is 1.65. The van der Waals surface area contributed by atoms with E-state index in [0.29, 0.717) is 23.2 Å². The average molecular weight is 287 g/mol. The smallest absolute Gasteiger partial charge is 0.251 e. The molecule has 0 radical (unpaired) electrons. The molecular weight excluding hydrogens is 272 g/mol. The summed E-state index contributed by atoms with van der Waals surface area (Å²) in [7, 11) is 0. The number of pyridine rings is 1. The molecule has 1 aromatic rings. The Morgan fingerprint density at radius 1 is 1.61 bits per heavy atom. The molecule has 1 amide bonds. The molecule has 4 N–H and O–H groups in total. The second kappa shape index (κ2) is 6.26. The minimum absolute atomic E-state index is 0.150. The first-order chi connectivity index (χ1) is 8.69. The van der Waals surface area contributed by atoms with Crippen LogP contribution < -0.4 is 16.6 Å². The zero-order chi connectivity index (χ0) is 13.0. The maximum absolute atomic E-state index is 11.9. The lowest BCUT2D eigenvalue weighted by Crippen LogP contribution is -2.29. The first-order valence-electron chi connectivity index (χ1n) is 5.73. The Morgan fingerprint density at radius 2 is 2.44 bits per heavy atom. The van der Waals surface area contributed by atoms with E-state index in [4.69, 9.17) is 17.4 Å². The van der Waals surface area contributed by atoms with E-state index < -0.39 is 0 Å². The van der Waals surface area contributed by atoms with E-state index in [-0.39, 0.29) is 11.1 Å². The standard InChI is InChI=1S/C11H15ClN4OS/c12-9-4-7(5-10(15-9)16-13)11(17)14-6-8-2-1-3-18-8/h4-5,8H,1-3,6,13H2,(H,14,17)(H,15,16). The van der Waals surface area contributed by atoms with Gasteiger partial charge in [0.05, 0.1) is 0 Å². The van der Waals surface area contributed by atoms with E-state index in [1.54, 1.807) is 6.07 Å². The summed E-state index contributed by atoms with van der Waals surface area (Å²) in [5.74, 6) is 6.67. The molecule has 1 aromatic heterocycles. The third-order valence-corrected chi connectivity index (χ3v) is 4.31. The average Bonchev–Trinajstić information content (AvgIpc) is 2.88. The molecule has 1 aliphatic heterocycles. The molecule has 0 aliphatic carbocycles. The Kier molecular flexibility index (Phi) is 4.68. The minimum Gasteiger partial charge on any atom is -0.351 e. The Morgan fingerprint density at radius 3 is 3.11 bits per heavy atom. The molecule has 2 rings (SSSR count). The number of halogens is 1. The summed E-state index contributed by atoms with van der Waals surface area (Å²) in [5.41, 5.74) is 2.84. The van der Waals surface area contributed by atoms with Crippen molar-refractivity contribution in [3.8, 4) is 0 Å². The highest BCUT2D eigenvalue weighted by Crippen LogP contribution is 2.25. The van der Waals surface area contributed by atoms with Gasteiger partial charge in [-0.25, -0.2) is 10.8 Å². The number of amides is 1. The van der Waals surface area contributed by atoms with Gasteiger partial charge in [-0.1, -0.05) is 11.6 Å². The van der Waals surface area contributed by atoms with Gasteiger partial charge < -0.3 is 10.7 Å². The number of hydrogen-bond acceptors (Lipinski definition) is 5. The van der Waals surface area contributed by atoms with Crippen LogP contribution >= 0.6 is 23.4 Å². The van der Waals surface area contributed by atoms with Crippen molar-refractivity contribution in [1.82, 2.24) is 10.3 Å². The van der Waals surface area contributed by atoms with E-state index in [1.807, 2.05) is 11.8 Å². The van der Waals surface area contributed by atoms with Gasteiger partial charge in [0.2, 0.25) is 0 Å². The van der Waals surface area contributed by atoms with Gasteiger partial charge in [0, 0.05) is 17.4 Å². The molecule has 1 fully saturated rings. The fourth-order valence-corrected chi connectivity index (χ4v) is 3.23. The molecule has 0 saturated carbocycles. The van der Waals surface area contributed by atoms with Crippen molar-refractivity contribution in [1.29, 1.82) is 0 Å². The quantitative estimate of drug-likeness (QED) is 0.445. The fraction of sp³-hybridized carbons (Fsp3) is 0.455. The minimum atomic E-state index is -0.150. The Labute approximate surface area is 115 Å². The van der Waals surface area contributed by atoms with Gasteiger partial charge in [0.25, 0.3) is 5.91 Å². The topological polar surface area (TPSA) is 80.0 Å². The number of carbonyl (C=O) groups is 1. The van der Waals surface area contributed by atoms with Crippen LogP contribution in [0.5, 0.6) is 0 Å². The lowest BCUT2D eigenvalue weighted by Gasteiger charge is -2.10. The van der Waals surface area contributed by atoms with Crippen LogP contribution in [-0.2, 0) is 0 Å². The number of aromatic nitrogens is 1. The summed E-state index contributed by atoms with van der Waals surface area (Å²) in [6, 6.07) is 3.10. The van der Waals surface area contributed by atoms with Crippen molar-refractivity contribution in [3.63, 3.8) is 0 Å². The monoisotopic (exact) mass is 286 g/mol. The Hall–Kier alpha value is -0.980. The number of anilines is 1. The molecule has 1 unspecified atom stereocenters. The van der Waals surface area contributed by atoms with E-state index in [2.05, 4.69) is 15.7 Å². The van der Waals surface area contributed by atoms with Crippen molar-refractivity contribution in [2.24, 2.45) is 5.84 Å². The second-order valence-corrected chi connectivity index (χ2v) is 5.85. The van der Waals surface area contributed by atoms with Crippen LogP contribution in [0.1, 0.15) is 23.2 Å². The molecule has 0 aromatic carbocycles. The lowest BCUT2D eigenvalue weighted by molar-refractivity contribution is 0.0953. The fourth-order valence-electron chi connectivity index (χ4n) is 1.82. The van der Waals surface area contributed by atoms with E-state index in [0.717, 1.165) is 6.42 Å². The SMILES string of the molecule is NNc1cc(C(=O)NCC2CCCS2)cc(Cl)n1. The predicted molar refractivity (Wildman–Crippen MR) is 74.9 cm³/mol. The van der Waals surface area contributed by atoms with E-state index in [1.165, 1.54) is 18.2 Å². The molecule has 0 bridgehead atoms. The van der Waals surface area contributed by atoms with Crippen molar-refractivity contribution < 1.29 is 4.79 Å². The van der Waals surface area contributed by atoms with Crippen molar-refractivity contribution in [3.05, 3.63) is 22.8 Å². The summed E-state index contributed by atoms with van der Waals surface area (Å²) >= 11 is 7.71. The molecule has 0 spiro atoms. The van der Waals surface area contributed by atoms with Crippen LogP contribution in [0.2, 0.25) is 5.15 Å². The van der Waals surface area contributed by atoms with Gasteiger partial charge in [-0.3, -0.25) is 4.79 Å². The summed E-state index contributed by atoms with van der Waals surface area (Å²) in [6.07, 6.45) is 2.39. The number of nitrogens with one attached hydrogen (secondary N) is 2. The van der Waals surface area contributed by atoms with Crippen LogP contribution in [0, 0.1) is 0 Å². The molecule has 7 heteroatoms. The van der Waals surface area contributed by atoms with E-state index >= 15 is 0 Å². The molecule has 98 valence electrons. The highest BCUT2D eigenvalue weighted by Gasteiger charge is 2.17. The van der Waals surface area contributed by atoms with Gasteiger partial charge in [-0.15, -0.1) is 0 Å². The summed E-state index contributed by atoms with van der Waals surface area (Å²) < 4.78 is 0. The number of hydrazine groups is 1. The maximum Gasteiger partial charge on any atom is 0.251 e. The first-order valence-corrected chi connectivity index (χ1v) is 7.15. The molecular formula is C11H15ClN4OS. The largest absolute Gasteiger partial charge is 0.351 e.